The Morgan fingerprint density at radius 2 is 1.80 bits per heavy atom. The fourth-order valence-corrected chi connectivity index (χ4v) is 4.08. The standard InChI is InChI=1S/C22H24N4O3S/c1-28-18-9-6-16(7-10-18)21-24-22(29-25-21)17-8-11-19(23-14-17)30-15-20(27)26-12-4-2-3-5-13-26/h6-11,14H,2-5,12-13,15H2,1H3. The Morgan fingerprint density at radius 3 is 2.47 bits per heavy atom. The smallest absolute Gasteiger partial charge is 0.259 e. The molecule has 0 saturated carbocycles. The largest absolute Gasteiger partial charge is 0.497 e. The van der Waals surface area contributed by atoms with Gasteiger partial charge in [0.2, 0.25) is 11.7 Å². The maximum atomic E-state index is 12.4. The van der Waals surface area contributed by atoms with E-state index >= 15 is 0 Å². The second-order valence-electron chi connectivity index (χ2n) is 7.12. The molecule has 0 radical (unpaired) electrons. The van der Waals surface area contributed by atoms with Crippen LogP contribution >= 0.6 is 11.8 Å². The average molecular weight is 425 g/mol. The molecule has 1 aliphatic heterocycles. The lowest BCUT2D eigenvalue weighted by Gasteiger charge is -2.19. The number of benzene rings is 1. The molecule has 2 aromatic heterocycles. The van der Waals surface area contributed by atoms with E-state index in [0.717, 1.165) is 47.8 Å². The van der Waals surface area contributed by atoms with E-state index < -0.39 is 0 Å². The third-order valence-electron chi connectivity index (χ3n) is 5.06. The second-order valence-corrected chi connectivity index (χ2v) is 8.12. The molecule has 30 heavy (non-hydrogen) atoms. The van der Waals surface area contributed by atoms with Crippen molar-refractivity contribution < 1.29 is 14.1 Å². The highest BCUT2D eigenvalue weighted by Crippen LogP contribution is 2.25. The molecule has 1 saturated heterocycles. The number of hydrogen-bond acceptors (Lipinski definition) is 7. The van der Waals surface area contributed by atoms with Gasteiger partial charge in [-0.3, -0.25) is 4.79 Å². The van der Waals surface area contributed by atoms with Gasteiger partial charge in [0.05, 0.1) is 23.5 Å². The van der Waals surface area contributed by atoms with Crippen LogP contribution in [0.4, 0.5) is 0 Å². The van der Waals surface area contributed by atoms with Crippen LogP contribution in [0.3, 0.4) is 0 Å². The van der Waals surface area contributed by atoms with Gasteiger partial charge in [0, 0.05) is 24.8 Å². The summed E-state index contributed by atoms with van der Waals surface area (Å²) in [6.07, 6.45) is 6.34. The molecule has 4 rings (SSSR count). The van der Waals surface area contributed by atoms with Crippen molar-refractivity contribution in [3.8, 4) is 28.6 Å². The summed E-state index contributed by atoms with van der Waals surface area (Å²) in [6.45, 7) is 1.75. The van der Waals surface area contributed by atoms with Gasteiger partial charge in [0.15, 0.2) is 0 Å². The van der Waals surface area contributed by atoms with Crippen LogP contribution in [0.25, 0.3) is 22.8 Å². The third-order valence-corrected chi connectivity index (χ3v) is 5.99. The predicted octanol–water partition coefficient (Wildman–Crippen LogP) is 4.30. The maximum absolute atomic E-state index is 12.4. The molecule has 1 fully saturated rings. The van der Waals surface area contributed by atoms with Crippen LogP contribution in [0, 0.1) is 0 Å². The number of likely N-dealkylation sites (tertiary alicyclic amines) is 1. The Hall–Kier alpha value is -2.87. The SMILES string of the molecule is COc1ccc(-c2noc(-c3ccc(SCC(=O)N4CCCCCC4)nc3)n2)cc1. The monoisotopic (exact) mass is 424 g/mol. The number of pyridine rings is 1. The molecular weight excluding hydrogens is 400 g/mol. The highest BCUT2D eigenvalue weighted by atomic mass is 32.2. The first-order valence-electron chi connectivity index (χ1n) is 10.1. The number of methoxy groups -OCH3 is 1. The van der Waals surface area contributed by atoms with Crippen molar-refractivity contribution in [2.45, 2.75) is 30.7 Å². The fourth-order valence-electron chi connectivity index (χ4n) is 3.34. The van der Waals surface area contributed by atoms with Crippen LogP contribution in [0.15, 0.2) is 52.1 Å². The van der Waals surface area contributed by atoms with Crippen LogP contribution in [-0.4, -0.2) is 51.9 Å². The topological polar surface area (TPSA) is 81.4 Å². The van der Waals surface area contributed by atoms with Crippen molar-refractivity contribution in [3.63, 3.8) is 0 Å². The van der Waals surface area contributed by atoms with Crippen LogP contribution in [0.2, 0.25) is 0 Å². The van der Waals surface area contributed by atoms with Crippen LogP contribution in [0.1, 0.15) is 25.7 Å². The number of amides is 1. The van der Waals surface area contributed by atoms with Crippen LogP contribution < -0.4 is 4.74 Å². The number of ether oxygens (including phenoxy) is 1. The third kappa shape index (κ3) is 4.99. The van der Waals surface area contributed by atoms with Crippen molar-refractivity contribution in [1.82, 2.24) is 20.0 Å². The lowest BCUT2D eigenvalue weighted by molar-refractivity contribution is -0.128. The summed E-state index contributed by atoms with van der Waals surface area (Å²) >= 11 is 1.46. The van der Waals surface area contributed by atoms with Gasteiger partial charge in [-0.1, -0.05) is 29.8 Å². The number of thioether (sulfide) groups is 1. The van der Waals surface area contributed by atoms with Crippen molar-refractivity contribution in [2.75, 3.05) is 26.0 Å². The minimum Gasteiger partial charge on any atom is -0.497 e. The molecule has 1 aliphatic rings. The summed E-state index contributed by atoms with van der Waals surface area (Å²) in [5, 5.41) is 4.85. The quantitative estimate of drug-likeness (QED) is 0.546. The number of carbonyl (C=O) groups excluding carboxylic acids is 1. The summed E-state index contributed by atoms with van der Waals surface area (Å²) in [6, 6.07) is 11.2. The summed E-state index contributed by atoms with van der Waals surface area (Å²) in [5.74, 6) is 2.29. The molecule has 0 spiro atoms. The van der Waals surface area contributed by atoms with E-state index in [1.54, 1.807) is 13.3 Å². The molecule has 8 heteroatoms. The van der Waals surface area contributed by atoms with Gasteiger partial charge in [-0.2, -0.15) is 4.98 Å². The predicted molar refractivity (Wildman–Crippen MR) is 115 cm³/mol. The van der Waals surface area contributed by atoms with Gasteiger partial charge in [-0.25, -0.2) is 4.98 Å². The zero-order valence-corrected chi connectivity index (χ0v) is 17.7. The van der Waals surface area contributed by atoms with Crippen molar-refractivity contribution in [1.29, 1.82) is 0 Å². The molecule has 7 nitrogen and oxygen atoms in total. The molecule has 1 aromatic carbocycles. The average Bonchev–Trinajstić information content (AvgIpc) is 3.13. The first kappa shape index (κ1) is 20.4. The second kappa shape index (κ2) is 9.75. The van der Waals surface area contributed by atoms with Gasteiger partial charge in [0.25, 0.3) is 5.89 Å². The molecule has 1 amide bonds. The number of nitrogens with zero attached hydrogens (tertiary/aromatic N) is 4. The van der Waals surface area contributed by atoms with E-state index in [0.29, 0.717) is 17.5 Å². The van der Waals surface area contributed by atoms with E-state index in [4.69, 9.17) is 9.26 Å². The molecule has 0 unspecified atom stereocenters. The van der Waals surface area contributed by atoms with Gasteiger partial charge in [-0.05, 0) is 49.2 Å². The lowest BCUT2D eigenvalue weighted by Crippen LogP contribution is -2.33. The molecule has 3 aromatic rings. The zero-order chi connectivity index (χ0) is 20.8. The lowest BCUT2D eigenvalue weighted by atomic mass is 10.2. The van der Waals surface area contributed by atoms with Gasteiger partial charge < -0.3 is 14.2 Å². The zero-order valence-electron chi connectivity index (χ0n) is 16.9. The van der Waals surface area contributed by atoms with Gasteiger partial charge in [0.1, 0.15) is 5.75 Å². The molecule has 0 aliphatic carbocycles. The first-order valence-corrected chi connectivity index (χ1v) is 11.1. The van der Waals surface area contributed by atoms with Crippen LogP contribution in [0.5, 0.6) is 5.75 Å². The molecule has 0 N–H and O–H groups in total. The summed E-state index contributed by atoms with van der Waals surface area (Å²) in [7, 11) is 1.63. The Bertz CT molecular complexity index is 965. The highest BCUT2D eigenvalue weighted by Gasteiger charge is 2.16. The number of rotatable bonds is 6. The molecule has 0 atom stereocenters. The van der Waals surface area contributed by atoms with E-state index in [1.807, 2.05) is 41.3 Å². The Balaban J connectivity index is 1.36. The Kier molecular flexibility index (Phi) is 6.63. The summed E-state index contributed by atoms with van der Waals surface area (Å²) in [5.41, 5.74) is 1.59. The molecule has 156 valence electrons. The van der Waals surface area contributed by atoms with Gasteiger partial charge >= 0.3 is 0 Å². The Labute approximate surface area is 179 Å². The minimum absolute atomic E-state index is 0.189. The van der Waals surface area contributed by atoms with Gasteiger partial charge in [-0.15, -0.1) is 0 Å². The van der Waals surface area contributed by atoms with E-state index in [-0.39, 0.29) is 5.91 Å². The normalized spacial score (nSPS) is 14.4. The summed E-state index contributed by atoms with van der Waals surface area (Å²) in [4.78, 5) is 23.3. The fraction of sp³-hybridized carbons (Fsp3) is 0.364. The van der Waals surface area contributed by atoms with E-state index in [9.17, 15) is 4.79 Å². The Morgan fingerprint density at radius 1 is 1.07 bits per heavy atom. The van der Waals surface area contributed by atoms with Crippen molar-refractivity contribution in [3.05, 3.63) is 42.6 Å². The molecule has 0 bridgehead atoms. The number of hydrogen-bond donors (Lipinski definition) is 0. The van der Waals surface area contributed by atoms with Crippen LogP contribution in [-0.2, 0) is 4.79 Å². The molecule has 3 heterocycles. The number of aromatic nitrogens is 3. The number of carbonyl (C=O) groups is 1. The van der Waals surface area contributed by atoms with Crippen molar-refractivity contribution >= 4 is 17.7 Å². The molecular formula is C22H24N4O3S. The maximum Gasteiger partial charge on any atom is 0.259 e. The van der Waals surface area contributed by atoms with Crippen molar-refractivity contribution in [2.24, 2.45) is 0 Å². The summed E-state index contributed by atoms with van der Waals surface area (Å²) < 4.78 is 10.6. The first-order chi connectivity index (χ1) is 14.7. The van der Waals surface area contributed by atoms with E-state index in [2.05, 4.69) is 15.1 Å². The minimum atomic E-state index is 0.189. The van der Waals surface area contributed by atoms with E-state index in [1.165, 1.54) is 24.6 Å². The highest BCUT2D eigenvalue weighted by molar-refractivity contribution is 7.99.